The number of rotatable bonds is 3. The Kier molecular flexibility index (Phi) is 7.67. The third-order valence-electron chi connectivity index (χ3n) is 5.15. The van der Waals surface area contributed by atoms with E-state index in [0.717, 1.165) is 39.4 Å². The van der Waals surface area contributed by atoms with Gasteiger partial charge in [-0.05, 0) is 32.0 Å². The molecule has 164 valence electrons. The maximum Gasteiger partial charge on any atom is 0.140 e. The van der Waals surface area contributed by atoms with E-state index in [0.29, 0.717) is 0 Å². The van der Waals surface area contributed by atoms with E-state index in [4.69, 9.17) is 4.98 Å². The molecule has 0 aliphatic carbocycles. The van der Waals surface area contributed by atoms with Gasteiger partial charge in [0.25, 0.3) is 0 Å². The third kappa shape index (κ3) is 4.67. The summed E-state index contributed by atoms with van der Waals surface area (Å²) in [6.45, 7) is 12.2. The summed E-state index contributed by atoms with van der Waals surface area (Å²) in [7, 11) is 0. The Hall–Kier alpha value is -3.59. The number of fused-ring (bicyclic) bond motifs is 1. The number of nitrogens with zero attached hydrogens (tertiary/aromatic N) is 1. The van der Waals surface area contributed by atoms with Crippen LogP contribution in [0.25, 0.3) is 44.8 Å². The molecule has 3 heteroatoms. The molecule has 3 aromatic carbocycles. The van der Waals surface area contributed by atoms with E-state index >= 15 is 0 Å². The number of imidazole rings is 1. The van der Waals surface area contributed by atoms with Crippen LogP contribution in [-0.4, -0.2) is 15.0 Å². The van der Waals surface area contributed by atoms with Crippen LogP contribution in [0, 0.1) is 13.8 Å². The zero-order valence-electron chi connectivity index (χ0n) is 20.0. The van der Waals surface area contributed by atoms with Gasteiger partial charge in [-0.2, -0.15) is 0 Å². The number of aryl methyl sites for hydroxylation is 2. The highest BCUT2D eigenvalue weighted by molar-refractivity contribution is 5.95. The van der Waals surface area contributed by atoms with Gasteiger partial charge in [0, 0.05) is 33.8 Å². The quantitative estimate of drug-likeness (QED) is 0.300. The van der Waals surface area contributed by atoms with E-state index < -0.39 is 0 Å². The van der Waals surface area contributed by atoms with Gasteiger partial charge in [-0.25, -0.2) is 4.98 Å². The molecule has 0 radical (unpaired) electrons. The third-order valence-corrected chi connectivity index (χ3v) is 5.15. The van der Waals surface area contributed by atoms with Crippen molar-refractivity contribution in [2.75, 3.05) is 0 Å². The number of hydrogen-bond acceptors (Lipinski definition) is 1. The normalized spacial score (nSPS) is 10.2. The van der Waals surface area contributed by atoms with Crippen LogP contribution < -0.4 is 0 Å². The lowest BCUT2D eigenvalue weighted by atomic mass is 10.0. The SMILES string of the molecule is CC.CC.Cc1cccc(-c2nc(-c3c[nH]c4ccccc34)[nH]c2-c2cccc(C)c2)c1. The average molecular weight is 424 g/mol. The Morgan fingerprint density at radius 2 is 1.31 bits per heavy atom. The van der Waals surface area contributed by atoms with Gasteiger partial charge in [-0.3, -0.25) is 0 Å². The van der Waals surface area contributed by atoms with Gasteiger partial charge >= 0.3 is 0 Å². The molecule has 0 bridgehead atoms. The highest BCUT2D eigenvalue weighted by atomic mass is 14.9. The first-order chi connectivity index (χ1) is 15.7. The molecule has 0 aliphatic rings. The number of aromatic amines is 2. The number of para-hydroxylation sites is 1. The van der Waals surface area contributed by atoms with E-state index in [-0.39, 0.29) is 0 Å². The van der Waals surface area contributed by atoms with Crippen molar-refractivity contribution >= 4 is 10.9 Å². The van der Waals surface area contributed by atoms with Crippen molar-refractivity contribution in [3.8, 4) is 33.9 Å². The molecular weight excluding hydrogens is 390 g/mol. The lowest BCUT2D eigenvalue weighted by Crippen LogP contribution is -1.85. The summed E-state index contributed by atoms with van der Waals surface area (Å²) in [4.78, 5) is 12.0. The minimum Gasteiger partial charge on any atom is -0.360 e. The van der Waals surface area contributed by atoms with Gasteiger partial charge in [0.2, 0.25) is 0 Å². The van der Waals surface area contributed by atoms with Crippen LogP contribution in [0.1, 0.15) is 38.8 Å². The molecule has 32 heavy (non-hydrogen) atoms. The molecule has 2 heterocycles. The molecule has 0 unspecified atom stereocenters. The maximum atomic E-state index is 5.04. The second-order valence-electron chi connectivity index (χ2n) is 7.30. The number of benzene rings is 3. The second-order valence-corrected chi connectivity index (χ2v) is 7.30. The molecule has 0 atom stereocenters. The fraction of sp³-hybridized carbons (Fsp3) is 0.207. The van der Waals surface area contributed by atoms with Crippen LogP contribution in [-0.2, 0) is 0 Å². The molecule has 0 saturated carbocycles. The molecule has 0 fully saturated rings. The molecule has 5 rings (SSSR count). The first-order valence-electron chi connectivity index (χ1n) is 11.5. The highest BCUT2D eigenvalue weighted by Gasteiger charge is 2.17. The Bertz CT molecular complexity index is 1230. The smallest absolute Gasteiger partial charge is 0.140 e. The minimum atomic E-state index is 0.880. The lowest BCUT2D eigenvalue weighted by molar-refractivity contribution is 1.31. The molecule has 0 amide bonds. The van der Waals surface area contributed by atoms with Crippen molar-refractivity contribution in [2.24, 2.45) is 0 Å². The minimum absolute atomic E-state index is 0.880. The van der Waals surface area contributed by atoms with Crippen molar-refractivity contribution in [1.29, 1.82) is 0 Å². The number of nitrogens with one attached hydrogen (secondary N) is 2. The van der Waals surface area contributed by atoms with Crippen LogP contribution in [0.4, 0.5) is 0 Å². The predicted octanol–water partition coefficient (Wildman–Crippen LogP) is 8.56. The van der Waals surface area contributed by atoms with Crippen LogP contribution in [0.2, 0.25) is 0 Å². The summed E-state index contributed by atoms with van der Waals surface area (Å²) in [5, 5.41) is 1.17. The van der Waals surface area contributed by atoms with Gasteiger partial charge in [0.1, 0.15) is 5.82 Å². The standard InChI is InChI=1S/C25H21N3.2C2H6/c1-16-7-5-9-18(13-16)23-24(19-10-6-8-17(2)14-19)28-25(27-23)21-15-26-22-12-4-3-11-20(21)22;2*1-2/h3-15,26H,1-2H3,(H,27,28);2*1-2H3. The van der Waals surface area contributed by atoms with Gasteiger partial charge in [-0.1, -0.05) is 93.4 Å². The van der Waals surface area contributed by atoms with Gasteiger partial charge < -0.3 is 9.97 Å². The molecule has 3 nitrogen and oxygen atoms in total. The van der Waals surface area contributed by atoms with E-state index in [1.807, 2.05) is 40.0 Å². The van der Waals surface area contributed by atoms with Crippen LogP contribution in [0.5, 0.6) is 0 Å². The van der Waals surface area contributed by atoms with E-state index in [1.165, 1.54) is 16.5 Å². The zero-order chi connectivity index (χ0) is 23.1. The predicted molar refractivity (Wildman–Crippen MR) is 139 cm³/mol. The molecule has 5 aromatic rings. The fourth-order valence-corrected chi connectivity index (χ4v) is 3.78. The largest absolute Gasteiger partial charge is 0.360 e. The van der Waals surface area contributed by atoms with Crippen molar-refractivity contribution in [1.82, 2.24) is 15.0 Å². The van der Waals surface area contributed by atoms with Crippen LogP contribution in [0.15, 0.2) is 79.0 Å². The monoisotopic (exact) mass is 423 g/mol. The summed E-state index contributed by atoms with van der Waals surface area (Å²) >= 11 is 0. The zero-order valence-corrected chi connectivity index (χ0v) is 20.0. The lowest BCUT2D eigenvalue weighted by Gasteiger charge is -2.05. The topological polar surface area (TPSA) is 44.5 Å². The first-order valence-corrected chi connectivity index (χ1v) is 11.5. The van der Waals surface area contributed by atoms with E-state index in [2.05, 4.69) is 90.5 Å². The molecule has 0 saturated heterocycles. The molecular formula is C29H33N3. The highest BCUT2D eigenvalue weighted by Crippen LogP contribution is 2.35. The number of aromatic nitrogens is 3. The molecule has 0 aliphatic heterocycles. The number of H-pyrrole nitrogens is 2. The van der Waals surface area contributed by atoms with Crippen LogP contribution >= 0.6 is 0 Å². The Morgan fingerprint density at radius 3 is 2.00 bits per heavy atom. The Balaban J connectivity index is 0.000000686. The fourth-order valence-electron chi connectivity index (χ4n) is 3.78. The Morgan fingerprint density at radius 1 is 0.688 bits per heavy atom. The van der Waals surface area contributed by atoms with Crippen molar-refractivity contribution in [3.63, 3.8) is 0 Å². The molecule has 2 N–H and O–H groups in total. The van der Waals surface area contributed by atoms with Crippen LogP contribution in [0.3, 0.4) is 0 Å². The number of hydrogen-bond donors (Lipinski definition) is 2. The van der Waals surface area contributed by atoms with Gasteiger partial charge in [-0.15, -0.1) is 0 Å². The first kappa shape index (κ1) is 23.1. The average Bonchev–Trinajstić information content (AvgIpc) is 3.46. The Labute approximate surface area is 191 Å². The van der Waals surface area contributed by atoms with E-state index in [9.17, 15) is 0 Å². The summed E-state index contributed by atoms with van der Waals surface area (Å²) in [6.07, 6.45) is 2.03. The summed E-state index contributed by atoms with van der Waals surface area (Å²) in [5.41, 5.74) is 8.96. The van der Waals surface area contributed by atoms with E-state index in [1.54, 1.807) is 0 Å². The van der Waals surface area contributed by atoms with Gasteiger partial charge in [0.05, 0.1) is 11.4 Å². The van der Waals surface area contributed by atoms with Crippen molar-refractivity contribution in [3.05, 3.63) is 90.1 Å². The maximum absolute atomic E-state index is 5.04. The summed E-state index contributed by atoms with van der Waals surface area (Å²) < 4.78 is 0. The summed E-state index contributed by atoms with van der Waals surface area (Å²) in [5.74, 6) is 0.880. The molecule has 2 aromatic heterocycles. The van der Waals surface area contributed by atoms with Crippen molar-refractivity contribution in [2.45, 2.75) is 41.5 Å². The summed E-state index contributed by atoms with van der Waals surface area (Å²) in [6, 6.07) is 25.4. The second kappa shape index (κ2) is 10.6. The van der Waals surface area contributed by atoms with Crippen molar-refractivity contribution < 1.29 is 0 Å². The van der Waals surface area contributed by atoms with Gasteiger partial charge in [0.15, 0.2) is 0 Å². The molecule has 0 spiro atoms.